The molecule has 2 N–H and O–H groups in total. The topological polar surface area (TPSA) is 88.9 Å². The third-order valence-electron chi connectivity index (χ3n) is 3.09. The van der Waals surface area contributed by atoms with Gasteiger partial charge in [-0.3, -0.25) is 14.9 Å². The summed E-state index contributed by atoms with van der Waals surface area (Å²) in [6, 6.07) is 6.84. The van der Waals surface area contributed by atoms with Crippen molar-refractivity contribution in [2.75, 3.05) is 10.6 Å². The van der Waals surface area contributed by atoms with Gasteiger partial charge in [0.2, 0.25) is 11.9 Å². The normalized spacial score (nSPS) is 16.6. The van der Waals surface area contributed by atoms with Crippen LogP contribution in [0.25, 0.3) is 0 Å². The van der Waals surface area contributed by atoms with E-state index in [1.54, 1.807) is 6.07 Å². The number of anilines is 2. The number of hydrogen-bond donors (Lipinski definition) is 2. The second-order valence-electron chi connectivity index (χ2n) is 4.66. The van der Waals surface area contributed by atoms with Crippen LogP contribution in [0.15, 0.2) is 30.6 Å². The highest BCUT2D eigenvalue weighted by atomic mass is 16.2. The molecule has 0 unspecified atom stereocenters. The molecule has 2 heterocycles. The smallest absolute Gasteiger partial charge is 0.252 e. The summed E-state index contributed by atoms with van der Waals surface area (Å²) in [5.74, 6) is -0.123. The lowest BCUT2D eigenvalue weighted by Crippen LogP contribution is -2.23. The van der Waals surface area contributed by atoms with E-state index in [0.29, 0.717) is 11.6 Å². The van der Waals surface area contributed by atoms with Gasteiger partial charge in [0.1, 0.15) is 12.4 Å². The van der Waals surface area contributed by atoms with Crippen molar-refractivity contribution in [3.05, 3.63) is 36.2 Å². The summed E-state index contributed by atoms with van der Waals surface area (Å²) < 4.78 is 1.43. The second-order valence-corrected chi connectivity index (χ2v) is 4.66. The first-order chi connectivity index (χ1) is 9.63. The van der Waals surface area contributed by atoms with Gasteiger partial charge < -0.3 is 5.32 Å². The first-order valence-electron chi connectivity index (χ1n) is 6.20. The van der Waals surface area contributed by atoms with Gasteiger partial charge in [0.15, 0.2) is 0 Å². The minimum absolute atomic E-state index is 0.0239. The molecule has 1 atom stereocenters. The number of amides is 2. The fourth-order valence-corrected chi connectivity index (χ4v) is 2.16. The molecule has 2 aromatic rings. The lowest BCUT2D eigenvalue weighted by Gasteiger charge is -2.09. The van der Waals surface area contributed by atoms with Crippen LogP contribution in [-0.2, 0) is 9.59 Å². The maximum absolute atomic E-state index is 12.0. The summed E-state index contributed by atoms with van der Waals surface area (Å²) in [6.07, 6.45) is 1.37. The van der Waals surface area contributed by atoms with Crippen molar-refractivity contribution in [1.82, 2.24) is 14.8 Å². The van der Waals surface area contributed by atoms with Crippen LogP contribution in [0.5, 0.6) is 0 Å². The minimum Gasteiger partial charge on any atom is -0.326 e. The Morgan fingerprint density at radius 1 is 1.50 bits per heavy atom. The van der Waals surface area contributed by atoms with Gasteiger partial charge in [-0.05, 0) is 24.6 Å². The van der Waals surface area contributed by atoms with Crippen molar-refractivity contribution in [2.24, 2.45) is 0 Å². The van der Waals surface area contributed by atoms with Crippen molar-refractivity contribution in [2.45, 2.75) is 19.4 Å². The molecule has 1 aliphatic rings. The lowest BCUT2D eigenvalue weighted by molar-refractivity contribution is -0.123. The molecule has 7 nitrogen and oxygen atoms in total. The third-order valence-corrected chi connectivity index (χ3v) is 3.09. The molecule has 0 fully saturated rings. The lowest BCUT2D eigenvalue weighted by atomic mass is 10.2. The number of hydrogen-bond acceptors (Lipinski definition) is 4. The zero-order valence-corrected chi connectivity index (χ0v) is 10.8. The Kier molecular flexibility index (Phi) is 2.94. The first-order valence-corrected chi connectivity index (χ1v) is 6.20. The predicted molar refractivity (Wildman–Crippen MR) is 72.1 cm³/mol. The summed E-state index contributed by atoms with van der Waals surface area (Å²) >= 11 is 0. The zero-order chi connectivity index (χ0) is 14.1. The van der Waals surface area contributed by atoms with Crippen LogP contribution in [0, 0.1) is 6.92 Å². The number of nitrogens with zero attached hydrogens (tertiary/aromatic N) is 3. The number of rotatable bonds is 3. The highest BCUT2D eigenvalue weighted by Crippen LogP contribution is 2.24. The Morgan fingerprint density at radius 2 is 2.35 bits per heavy atom. The van der Waals surface area contributed by atoms with Crippen molar-refractivity contribution in [3.63, 3.8) is 0 Å². The molecular weight excluding hydrogens is 258 g/mol. The van der Waals surface area contributed by atoms with Crippen LogP contribution in [0.4, 0.5) is 11.6 Å². The molecule has 1 aromatic carbocycles. The van der Waals surface area contributed by atoms with E-state index in [4.69, 9.17) is 0 Å². The van der Waals surface area contributed by atoms with Crippen LogP contribution in [0.3, 0.4) is 0 Å². The number of carbonyl (C=O) groups excluding carboxylic acids is 2. The van der Waals surface area contributed by atoms with Gasteiger partial charge in [-0.15, -0.1) is 0 Å². The molecule has 3 rings (SSSR count). The van der Waals surface area contributed by atoms with E-state index in [1.165, 1.54) is 11.0 Å². The highest BCUT2D eigenvalue weighted by molar-refractivity contribution is 6.00. The summed E-state index contributed by atoms with van der Waals surface area (Å²) in [5, 5.41) is 9.29. The maximum Gasteiger partial charge on any atom is 0.252 e. The molecule has 0 saturated heterocycles. The van der Waals surface area contributed by atoms with Gasteiger partial charge in [-0.25, -0.2) is 4.68 Å². The van der Waals surface area contributed by atoms with Gasteiger partial charge in [0.25, 0.3) is 5.91 Å². The summed E-state index contributed by atoms with van der Waals surface area (Å²) in [7, 11) is 0. The quantitative estimate of drug-likeness (QED) is 0.875. The number of aromatic nitrogens is 3. The van der Waals surface area contributed by atoms with E-state index in [2.05, 4.69) is 20.7 Å². The predicted octanol–water partition coefficient (Wildman–Crippen LogP) is 1.11. The molecule has 0 spiro atoms. The first kappa shape index (κ1) is 12.3. The molecular formula is C13H13N5O2. The van der Waals surface area contributed by atoms with Crippen molar-refractivity contribution in [3.8, 4) is 0 Å². The highest BCUT2D eigenvalue weighted by Gasteiger charge is 2.33. The average Bonchev–Trinajstić information content (AvgIpc) is 2.93. The van der Waals surface area contributed by atoms with Crippen molar-refractivity contribution in [1.29, 1.82) is 0 Å². The number of benzene rings is 1. The Morgan fingerprint density at radius 3 is 3.15 bits per heavy atom. The maximum atomic E-state index is 12.0. The molecule has 7 heteroatoms. The van der Waals surface area contributed by atoms with Gasteiger partial charge in [0.05, 0.1) is 6.42 Å². The number of nitrogens with one attached hydrogen (secondary N) is 2. The van der Waals surface area contributed by atoms with E-state index >= 15 is 0 Å². The standard InChI is InChI=1S/C13H13N5O2/c1-8-3-2-4-9(5-8)16-11(19)6-10-12(20)17-13-14-7-15-18(10)13/h2-5,7,10H,6H2,1H3,(H,16,19)(H,14,15,17,20)/t10-/m1/s1. The van der Waals surface area contributed by atoms with E-state index < -0.39 is 6.04 Å². The van der Waals surface area contributed by atoms with Crippen LogP contribution in [0.1, 0.15) is 18.0 Å². The van der Waals surface area contributed by atoms with E-state index in [9.17, 15) is 9.59 Å². The van der Waals surface area contributed by atoms with Crippen LogP contribution >= 0.6 is 0 Å². The fourth-order valence-electron chi connectivity index (χ4n) is 2.16. The Hall–Kier alpha value is -2.70. The third kappa shape index (κ3) is 2.25. The van der Waals surface area contributed by atoms with Gasteiger partial charge in [-0.1, -0.05) is 12.1 Å². The van der Waals surface area contributed by atoms with Crippen LogP contribution < -0.4 is 10.6 Å². The second kappa shape index (κ2) is 4.76. The molecule has 102 valence electrons. The van der Waals surface area contributed by atoms with Gasteiger partial charge >= 0.3 is 0 Å². The number of fused-ring (bicyclic) bond motifs is 1. The largest absolute Gasteiger partial charge is 0.326 e. The van der Waals surface area contributed by atoms with Crippen molar-refractivity contribution >= 4 is 23.5 Å². The van der Waals surface area contributed by atoms with E-state index in [1.807, 2.05) is 25.1 Å². The Bertz CT molecular complexity index is 679. The van der Waals surface area contributed by atoms with Gasteiger partial charge in [-0.2, -0.15) is 10.1 Å². The average molecular weight is 271 g/mol. The van der Waals surface area contributed by atoms with Crippen molar-refractivity contribution < 1.29 is 9.59 Å². The van der Waals surface area contributed by atoms with Crippen LogP contribution in [-0.4, -0.2) is 26.6 Å². The monoisotopic (exact) mass is 271 g/mol. The summed E-state index contributed by atoms with van der Waals surface area (Å²) in [4.78, 5) is 27.6. The van der Waals surface area contributed by atoms with E-state index in [0.717, 1.165) is 5.56 Å². The molecule has 0 saturated carbocycles. The SMILES string of the molecule is Cc1cccc(NC(=O)C[C@@H]2C(=O)Nc3ncnn32)c1. The molecule has 20 heavy (non-hydrogen) atoms. The molecule has 0 bridgehead atoms. The molecule has 0 aliphatic carbocycles. The van der Waals surface area contributed by atoms with Gasteiger partial charge in [0, 0.05) is 5.69 Å². The minimum atomic E-state index is -0.641. The summed E-state index contributed by atoms with van der Waals surface area (Å²) in [6.45, 7) is 1.95. The van der Waals surface area contributed by atoms with Crippen LogP contribution in [0.2, 0.25) is 0 Å². The molecule has 0 radical (unpaired) electrons. The zero-order valence-electron chi connectivity index (χ0n) is 10.8. The number of aryl methyl sites for hydroxylation is 1. The Balaban J connectivity index is 1.69. The summed E-state index contributed by atoms with van der Waals surface area (Å²) in [5.41, 5.74) is 1.77. The molecule has 2 amide bonds. The van der Waals surface area contributed by atoms with E-state index in [-0.39, 0.29) is 18.2 Å². The molecule has 1 aliphatic heterocycles. The number of carbonyl (C=O) groups is 2. The Labute approximate surface area is 115 Å². The fraction of sp³-hybridized carbons (Fsp3) is 0.231. The molecule has 1 aromatic heterocycles.